The SMILES string of the molecule is Cc1c(/C=C2/C(=O)Nc3cc(NC(=O)C(C)(C)O)c(F)cc32)[nH]c2c1C(=O)N(CCN1CCOCC1)CC2. The molecular formula is C27H32FN5O5. The van der Waals surface area contributed by atoms with Crippen LogP contribution < -0.4 is 10.6 Å². The van der Waals surface area contributed by atoms with Crippen LogP contribution in [0.2, 0.25) is 0 Å². The van der Waals surface area contributed by atoms with Crippen molar-refractivity contribution < 1.29 is 28.6 Å². The molecule has 0 radical (unpaired) electrons. The molecule has 0 atom stereocenters. The lowest BCUT2D eigenvalue weighted by molar-refractivity contribution is -0.130. The minimum Gasteiger partial charge on any atom is -0.381 e. The Labute approximate surface area is 219 Å². The summed E-state index contributed by atoms with van der Waals surface area (Å²) in [5, 5.41) is 14.9. The van der Waals surface area contributed by atoms with E-state index in [2.05, 4.69) is 20.5 Å². The lowest BCUT2D eigenvalue weighted by Gasteiger charge is -2.32. The van der Waals surface area contributed by atoms with Crippen molar-refractivity contribution in [3.63, 3.8) is 0 Å². The van der Waals surface area contributed by atoms with E-state index in [4.69, 9.17) is 4.74 Å². The number of H-pyrrole nitrogens is 1. The monoisotopic (exact) mass is 525 g/mol. The molecule has 2 aromatic rings. The number of ether oxygens (including phenoxy) is 1. The van der Waals surface area contributed by atoms with E-state index in [0.717, 1.165) is 30.9 Å². The first-order valence-corrected chi connectivity index (χ1v) is 12.7. The Balaban J connectivity index is 1.38. The number of fused-ring (bicyclic) bond motifs is 2. The second-order valence-corrected chi connectivity index (χ2v) is 10.4. The van der Waals surface area contributed by atoms with Gasteiger partial charge in [-0.15, -0.1) is 0 Å². The molecule has 0 spiro atoms. The number of carbonyl (C=O) groups is 3. The van der Waals surface area contributed by atoms with Crippen LogP contribution in [-0.4, -0.2) is 89.2 Å². The molecule has 202 valence electrons. The van der Waals surface area contributed by atoms with E-state index in [1.54, 1.807) is 6.08 Å². The van der Waals surface area contributed by atoms with Crippen molar-refractivity contribution in [2.45, 2.75) is 32.8 Å². The summed E-state index contributed by atoms with van der Waals surface area (Å²) in [6.07, 6.45) is 2.31. The second kappa shape index (κ2) is 9.97. The van der Waals surface area contributed by atoms with Gasteiger partial charge in [-0.1, -0.05) is 0 Å². The first-order valence-electron chi connectivity index (χ1n) is 12.7. The van der Waals surface area contributed by atoms with E-state index >= 15 is 0 Å². The van der Waals surface area contributed by atoms with Gasteiger partial charge in [0.1, 0.15) is 11.4 Å². The van der Waals surface area contributed by atoms with Gasteiger partial charge in [-0.2, -0.15) is 0 Å². The standard InChI is InChI=1S/C27H32FN5O5/c1-15-20(29-19-4-5-33(25(35)23(15)19)7-6-32-8-10-38-11-9-32)13-17-16-12-18(28)22(14-21(16)30-24(17)34)31-26(36)27(2,3)37/h12-14,29,37H,4-11H2,1-3H3,(H,30,34)(H,31,36)/b17-13+. The third-order valence-corrected chi connectivity index (χ3v) is 7.27. The summed E-state index contributed by atoms with van der Waals surface area (Å²) in [6, 6.07) is 2.51. The molecule has 0 unspecified atom stereocenters. The van der Waals surface area contributed by atoms with Crippen LogP contribution in [0.25, 0.3) is 11.6 Å². The lowest BCUT2D eigenvalue weighted by Crippen LogP contribution is -2.45. The highest BCUT2D eigenvalue weighted by atomic mass is 19.1. The van der Waals surface area contributed by atoms with Crippen LogP contribution in [0, 0.1) is 12.7 Å². The molecule has 1 aromatic heterocycles. The minimum absolute atomic E-state index is 0.0348. The second-order valence-electron chi connectivity index (χ2n) is 10.4. The van der Waals surface area contributed by atoms with Crippen molar-refractivity contribution in [3.8, 4) is 0 Å². The quantitative estimate of drug-likeness (QED) is 0.428. The molecule has 0 bridgehead atoms. The molecule has 10 nitrogen and oxygen atoms in total. The summed E-state index contributed by atoms with van der Waals surface area (Å²) in [7, 11) is 0. The number of halogens is 1. The number of aromatic nitrogens is 1. The predicted octanol–water partition coefficient (Wildman–Crippen LogP) is 1.99. The number of carbonyl (C=O) groups excluding carboxylic acids is 3. The maximum atomic E-state index is 14.9. The average Bonchev–Trinajstić information content (AvgIpc) is 3.35. The molecule has 0 aliphatic carbocycles. The van der Waals surface area contributed by atoms with Crippen molar-refractivity contribution in [1.29, 1.82) is 0 Å². The molecule has 38 heavy (non-hydrogen) atoms. The highest BCUT2D eigenvalue weighted by Crippen LogP contribution is 2.37. The van der Waals surface area contributed by atoms with Gasteiger partial charge in [0, 0.05) is 56.1 Å². The van der Waals surface area contributed by atoms with Crippen molar-refractivity contribution in [2.75, 3.05) is 56.6 Å². The average molecular weight is 526 g/mol. The molecule has 5 rings (SSSR count). The summed E-state index contributed by atoms with van der Waals surface area (Å²) >= 11 is 0. The molecule has 1 aromatic carbocycles. The van der Waals surface area contributed by atoms with Crippen LogP contribution in [0.4, 0.5) is 15.8 Å². The summed E-state index contributed by atoms with van der Waals surface area (Å²) < 4.78 is 20.3. The first kappa shape index (κ1) is 26.1. The Hall–Kier alpha value is -3.54. The number of nitrogens with zero attached hydrogens (tertiary/aromatic N) is 2. The molecule has 11 heteroatoms. The van der Waals surface area contributed by atoms with Crippen LogP contribution in [-0.2, 0) is 20.7 Å². The Kier molecular flexibility index (Phi) is 6.84. The molecule has 3 aliphatic heterocycles. The van der Waals surface area contributed by atoms with E-state index < -0.39 is 23.2 Å². The number of benzene rings is 1. The predicted molar refractivity (Wildman–Crippen MR) is 140 cm³/mol. The van der Waals surface area contributed by atoms with Crippen LogP contribution in [0.3, 0.4) is 0 Å². The maximum Gasteiger partial charge on any atom is 0.256 e. The smallest absolute Gasteiger partial charge is 0.256 e. The number of rotatable bonds is 6. The maximum absolute atomic E-state index is 14.9. The fraction of sp³-hybridized carbons (Fsp3) is 0.444. The zero-order valence-electron chi connectivity index (χ0n) is 21.7. The summed E-state index contributed by atoms with van der Waals surface area (Å²) in [4.78, 5) is 45.7. The van der Waals surface area contributed by atoms with Gasteiger partial charge in [0.05, 0.1) is 35.7 Å². The Morgan fingerprint density at radius 2 is 1.95 bits per heavy atom. The third kappa shape index (κ3) is 4.96. The van der Waals surface area contributed by atoms with E-state index in [9.17, 15) is 23.9 Å². The number of anilines is 2. The Morgan fingerprint density at radius 3 is 2.66 bits per heavy atom. The molecule has 4 heterocycles. The number of amides is 3. The minimum atomic E-state index is -1.69. The van der Waals surface area contributed by atoms with Gasteiger partial charge in [-0.05, 0) is 44.5 Å². The molecule has 3 aliphatic rings. The molecule has 1 saturated heterocycles. The van der Waals surface area contributed by atoms with Gasteiger partial charge in [-0.3, -0.25) is 19.3 Å². The van der Waals surface area contributed by atoms with Crippen LogP contribution in [0.1, 0.15) is 46.7 Å². The molecule has 3 amide bonds. The van der Waals surface area contributed by atoms with Crippen LogP contribution in [0.5, 0.6) is 0 Å². The fourth-order valence-electron chi connectivity index (χ4n) is 4.98. The number of aromatic amines is 1. The largest absolute Gasteiger partial charge is 0.381 e. The van der Waals surface area contributed by atoms with Crippen molar-refractivity contribution >= 4 is 40.7 Å². The number of morpholine rings is 1. The van der Waals surface area contributed by atoms with Crippen LogP contribution in [0.15, 0.2) is 12.1 Å². The zero-order chi connectivity index (χ0) is 27.2. The number of hydrogen-bond acceptors (Lipinski definition) is 6. The zero-order valence-corrected chi connectivity index (χ0v) is 21.7. The fourth-order valence-corrected chi connectivity index (χ4v) is 4.98. The van der Waals surface area contributed by atoms with E-state index in [1.165, 1.54) is 26.0 Å². The van der Waals surface area contributed by atoms with Gasteiger partial charge in [0.2, 0.25) is 0 Å². The van der Waals surface area contributed by atoms with E-state index in [-0.39, 0.29) is 17.2 Å². The van der Waals surface area contributed by atoms with Crippen molar-refractivity contribution in [1.82, 2.24) is 14.8 Å². The van der Waals surface area contributed by atoms with Gasteiger partial charge >= 0.3 is 0 Å². The summed E-state index contributed by atoms with van der Waals surface area (Å²) in [5.74, 6) is -1.96. The van der Waals surface area contributed by atoms with Gasteiger partial charge in [0.15, 0.2) is 0 Å². The topological polar surface area (TPSA) is 127 Å². The highest BCUT2D eigenvalue weighted by molar-refractivity contribution is 6.35. The van der Waals surface area contributed by atoms with Crippen molar-refractivity contribution in [2.24, 2.45) is 0 Å². The number of hydrogen-bond donors (Lipinski definition) is 4. The lowest BCUT2D eigenvalue weighted by atomic mass is 10.0. The number of nitrogens with one attached hydrogen (secondary N) is 3. The molecule has 0 saturated carbocycles. The Morgan fingerprint density at radius 1 is 1.21 bits per heavy atom. The summed E-state index contributed by atoms with van der Waals surface area (Å²) in [6.45, 7) is 9.64. The summed E-state index contributed by atoms with van der Waals surface area (Å²) in [5.41, 5.74) is 1.91. The Bertz CT molecular complexity index is 1340. The van der Waals surface area contributed by atoms with Gasteiger partial charge < -0.3 is 30.4 Å². The van der Waals surface area contributed by atoms with E-state index in [0.29, 0.717) is 55.2 Å². The van der Waals surface area contributed by atoms with Gasteiger partial charge in [-0.25, -0.2) is 4.39 Å². The van der Waals surface area contributed by atoms with Gasteiger partial charge in [0.25, 0.3) is 17.7 Å². The van der Waals surface area contributed by atoms with Crippen LogP contribution >= 0.6 is 0 Å². The first-order chi connectivity index (χ1) is 18.0. The molecule has 4 N–H and O–H groups in total. The number of aliphatic hydroxyl groups is 1. The molecular weight excluding hydrogens is 493 g/mol. The molecule has 1 fully saturated rings. The van der Waals surface area contributed by atoms with E-state index in [1.807, 2.05) is 11.8 Å². The normalized spacial score (nSPS) is 19.0. The third-order valence-electron chi connectivity index (χ3n) is 7.27. The van der Waals surface area contributed by atoms with Crippen molar-refractivity contribution in [3.05, 3.63) is 46.0 Å². The highest BCUT2D eigenvalue weighted by Gasteiger charge is 2.32.